The number of halogens is 3. The van der Waals surface area contributed by atoms with Gasteiger partial charge in [-0.3, -0.25) is 0 Å². The maximum Gasteiger partial charge on any atom is 0.390 e. The Bertz CT molecular complexity index is 1050. The Labute approximate surface area is 154 Å². The second-order valence-electron chi connectivity index (χ2n) is 6.72. The van der Waals surface area contributed by atoms with Gasteiger partial charge in [-0.05, 0) is 41.8 Å². The van der Waals surface area contributed by atoms with Crippen molar-refractivity contribution >= 4 is 10.9 Å². The fraction of sp³-hybridized carbons (Fsp3) is 0.182. The Kier molecular flexibility index (Phi) is 4.30. The van der Waals surface area contributed by atoms with E-state index in [2.05, 4.69) is 4.98 Å². The zero-order valence-corrected chi connectivity index (χ0v) is 14.7. The van der Waals surface area contributed by atoms with Crippen LogP contribution < -0.4 is 0 Å². The lowest BCUT2D eigenvalue weighted by molar-refractivity contribution is -0.137. The molecule has 0 aliphatic carbocycles. The van der Waals surface area contributed by atoms with E-state index in [1.807, 2.05) is 55.5 Å². The molecule has 0 saturated heterocycles. The van der Waals surface area contributed by atoms with Gasteiger partial charge in [-0.1, -0.05) is 42.5 Å². The van der Waals surface area contributed by atoms with Gasteiger partial charge in [-0.15, -0.1) is 0 Å². The summed E-state index contributed by atoms with van der Waals surface area (Å²) in [6, 6.07) is 18.4. The van der Waals surface area contributed by atoms with Crippen LogP contribution in [0.3, 0.4) is 0 Å². The number of aryl methyl sites for hydroxylation is 1. The molecule has 1 N–H and O–H groups in total. The van der Waals surface area contributed by atoms with E-state index in [0.717, 1.165) is 22.0 Å². The number of rotatable bonds is 4. The number of nitrogens with one attached hydrogen (secondary N) is 1. The van der Waals surface area contributed by atoms with Crippen LogP contribution in [-0.2, 0) is 0 Å². The maximum atomic E-state index is 13.4. The average Bonchev–Trinajstić information content (AvgIpc) is 3.27. The van der Waals surface area contributed by atoms with Gasteiger partial charge in [0.25, 0.3) is 0 Å². The lowest BCUT2D eigenvalue weighted by Gasteiger charge is -2.18. The van der Waals surface area contributed by atoms with Crippen LogP contribution in [0.4, 0.5) is 13.2 Å². The van der Waals surface area contributed by atoms with Crippen LogP contribution in [0.1, 0.15) is 29.2 Å². The van der Waals surface area contributed by atoms with Crippen LogP contribution in [0.15, 0.2) is 71.3 Å². The van der Waals surface area contributed by atoms with E-state index in [1.54, 1.807) is 12.1 Å². The van der Waals surface area contributed by atoms with Crippen molar-refractivity contribution in [1.29, 1.82) is 0 Å². The van der Waals surface area contributed by atoms with Gasteiger partial charge in [0.15, 0.2) is 0 Å². The summed E-state index contributed by atoms with van der Waals surface area (Å²) in [7, 11) is 0. The number of benzene rings is 2. The standard InChI is InChI=1S/C22H18F3NO/c1-14-9-10-16-18(12-14)26-21(15-6-3-2-4-7-15)20(16)17(13-22(23,24)25)19-8-5-11-27-19/h2-12,17,26H,13H2,1H3. The molecule has 2 aromatic carbocycles. The smallest absolute Gasteiger partial charge is 0.390 e. The number of fused-ring (bicyclic) bond motifs is 1. The molecule has 27 heavy (non-hydrogen) atoms. The number of aromatic nitrogens is 1. The lowest BCUT2D eigenvalue weighted by Crippen LogP contribution is -2.15. The highest BCUT2D eigenvalue weighted by atomic mass is 19.4. The summed E-state index contributed by atoms with van der Waals surface area (Å²) in [5.74, 6) is -0.613. The normalized spacial score (nSPS) is 13.2. The van der Waals surface area contributed by atoms with Gasteiger partial charge in [0.05, 0.1) is 24.3 Å². The second kappa shape index (κ2) is 6.65. The Balaban J connectivity index is 2.00. The number of aromatic amines is 1. The fourth-order valence-corrected chi connectivity index (χ4v) is 3.59. The largest absolute Gasteiger partial charge is 0.469 e. The Morgan fingerprint density at radius 2 is 1.78 bits per heavy atom. The van der Waals surface area contributed by atoms with Crippen LogP contribution in [0.5, 0.6) is 0 Å². The highest BCUT2D eigenvalue weighted by molar-refractivity contribution is 5.92. The molecular formula is C22H18F3NO. The van der Waals surface area contributed by atoms with Crippen molar-refractivity contribution < 1.29 is 17.6 Å². The van der Waals surface area contributed by atoms with Gasteiger partial charge in [0.1, 0.15) is 5.76 Å². The third-order valence-electron chi connectivity index (χ3n) is 4.73. The van der Waals surface area contributed by atoms with Gasteiger partial charge in [0.2, 0.25) is 0 Å². The third-order valence-corrected chi connectivity index (χ3v) is 4.73. The molecule has 0 fully saturated rings. The molecular weight excluding hydrogens is 351 g/mol. The van der Waals surface area contributed by atoms with Gasteiger partial charge < -0.3 is 9.40 Å². The number of hydrogen-bond acceptors (Lipinski definition) is 1. The highest BCUT2D eigenvalue weighted by Crippen LogP contribution is 2.44. The maximum absolute atomic E-state index is 13.4. The molecule has 5 heteroatoms. The lowest BCUT2D eigenvalue weighted by atomic mass is 9.88. The van der Waals surface area contributed by atoms with E-state index >= 15 is 0 Å². The molecule has 0 amide bonds. The molecule has 2 aromatic heterocycles. The number of H-pyrrole nitrogens is 1. The summed E-state index contributed by atoms with van der Waals surface area (Å²) < 4.78 is 45.7. The highest BCUT2D eigenvalue weighted by Gasteiger charge is 2.37. The number of hydrogen-bond donors (Lipinski definition) is 1. The van der Waals surface area contributed by atoms with Crippen LogP contribution in [0, 0.1) is 6.92 Å². The molecule has 0 aliphatic heterocycles. The molecule has 4 rings (SSSR count). The molecule has 0 aliphatic rings. The summed E-state index contributed by atoms with van der Waals surface area (Å²) in [5.41, 5.74) is 4.02. The average molecular weight is 369 g/mol. The first-order valence-corrected chi connectivity index (χ1v) is 8.70. The Morgan fingerprint density at radius 1 is 1.00 bits per heavy atom. The summed E-state index contributed by atoms with van der Waals surface area (Å²) in [4.78, 5) is 3.34. The van der Waals surface area contributed by atoms with E-state index in [0.29, 0.717) is 17.0 Å². The molecule has 4 aromatic rings. The summed E-state index contributed by atoms with van der Waals surface area (Å²) >= 11 is 0. The van der Waals surface area contributed by atoms with Gasteiger partial charge in [0, 0.05) is 10.9 Å². The van der Waals surface area contributed by atoms with Crippen molar-refractivity contribution in [2.45, 2.75) is 25.4 Å². The molecule has 0 spiro atoms. The van der Waals surface area contributed by atoms with Crippen LogP contribution in [-0.4, -0.2) is 11.2 Å². The third kappa shape index (κ3) is 3.50. The van der Waals surface area contributed by atoms with E-state index in [9.17, 15) is 13.2 Å². The Hall–Kier alpha value is -2.95. The van der Waals surface area contributed by atoms with Gasteiger partial charge >= 0.3 is 6.18 Å². The first kappa shape index (κ1) is 17.5. The first-order valence-electron chi connectivity index (χ1n) is 8.70. The topological polar surface area (TPSA) is 28.9 Å². The first-order chi connectivity index (χ1) is 12.9. The quantitative estimate of drug-likeness (QED) is 0.420. The molecule has 1 atom stereocenters. The predicted octanol–water partition coefficient (Wildman–Crippen LogP) is 6.82. The van der Waals surface area contributed by atoms with E-state index in [1.165, 1.54) is 6.26 Å². The summed E-state index contributed by atoms with van der Waals surface area (Å²) in [6.45, 7) is 1.96. The monoisotopic (exact) mass is 369 g/mol. The molecule has 1 unspecified atom stereocenters. The van der Waals surface area contributed by atoms with Gasteiger partial charge in [-0.2, -0.15) is 13.2 Å². The van der Waals surface area contributed by atoms with Crippen molar-refractivity contribution in [3.05, 3.63) is 83.8 Å². The fourth-order valence-electron chi connectivity index (χ4n) is 3.59. The summed E-state index contributed by atoms with van der Waals surface area (Å²) in [6.07, 6.45) is -3.89. The minimum absolute atomic E-state index is 0.311. The second-order valence-corrected chi connectivity index (χ2v) is 6.72. The van der Waals surface area contributed by atoms with Crippen molar-refractivity contribution in [1.82, 2.24) is 4.98 Å². The van der Waals surface area contributed by atoms with E-state index in [4.69, 9.17) is 4.42 Å². The van der Waals surface area contributed by atoms with Crippen molar-refractivity contribution in [2.24, 2.45) is 0 Å². The summed E-state index contributed by atoms with van der Waals surface area (Å²) in [5, 5.41) is 0.783. The van der Waals surface area contributed by atoms with E-state index < -0.39 is 18.5 Å². The molecule has 0 saturated carbocycles. The van der Waals surface area contributed by atoms with Gasteiger partial charge in [-0.25, -0.2) is 0 Å². The molecule has 2 nitrogen and oxygen atoms in total. The zero-order valence-electron chi connectivity index (χ0n) is 14.7. The van der Waals surface area contributed by atoms with Crippen LogP contribution in [0.25, 0.3) is 22.2 Å². The minimum atomic E-state index is -4.32. The van der Waals surface area contributed by atoms with E-state index in [-0.39, 0.29) is 0 Å². The predicted molar refractivity (Wildman–Crippen MR) is 99.7 cm³/mol. The number of alkyl halides is 3. The van der Waals surface area contributed by atoms with Crippen LogP contribution >= 0.6 is 0 Å². The van der Waals surface area contributed by atoms with Crippen molar-refractivity contribution in [2.75, 3.05) is 0 Å². The molecule has 0 radical (unpaired) electrons. The molecule has 0 bridgehead atoms. The van der Waals surface area contributed by atoms with Crippen molar-refractivity contribution in [3.8, 4) is 11.3 Å². The number of furan rings is 1. The zero-order chi connectivity index (χ0) is 19.0. The Morgan fingerprint density at radius 3 is 2.44 bits per heavy atom. The van der Waals surface area contributed by atoms with Crippen LogP contribution in [0.2, 0.25) is 0 Å². The van der Waals surface area contributed by atoms with Crippen molar-refractivity contribution in [3.63, 3.8) is 0 Å². The molecule has 2 heterocycles. The molecule has 138 valence electrons. The minimum Gasteiger partial charge on any atom is -0.469 e. The SMILES string of the molecule is Cc1ccc2c(C(CC(F)(F)F)c3ccco3)c(-c3ccccc3)[nH]c2c1.